The van der Waals surface area contributed by atoms with E-state index in [9.17, 15) is 4.79 Å². The Bertz CT molecular complexity index is 240. The van der Waals surface area contributed by atoms with E-state index in [0.29, 0.717) is 17.9 Å². The van der Waals surface area contributed by atoms with E-state index < -0.39 is 0 Å². The monoisotopic (exact) mass is 226 g/mol. The molecule has 0 aromatic carbocycles. The SMILES string of the molecule is CC(C)CC(N)C(=O)N1CC(C)CCC1C. The predicted molar refractivity (Wildman–Crippen MR) is 67.0 cm³/mol. The maximum absolute atomic E-state index is 12.2. The van der Waals surface area contributed by atoms with Gasteiger partial charge < -0.3 is 10.6 Å². The molecule has 94 valence electrons. The van der Waals surface area contributed by atoms with Gasteiger partial charge in [0.25, 0.3) is 0 Å². The van der Waals surface area contributed by atoms with Crippen molar-refractivity contribution in [2.24, 2.45) is 17.6 Å². The molecule has 1 aliphatic rings. The molecule has 0 radical (unpaired) electrons. The first-order chi connectivity index (χ1) is 7.41. The second kappa shape index (κ2) is 5.67. The van der Waals surface area contributed by atoms with Gasteiger partial charge in [-0.1, -0.05) is 20.8 Å². The van der Waals surface area contributed by atoms with Gasteiger partial charge in [0.1, 0.15) is 0 Å². The highest BCUT2D eigenvalue weighted by atomic mass is 16.2. The molecule has 2 N–H and O–H groups in total. The summed E-state index contributed by atoms with van der Waals surface area (Å²) in [6.07, 6.45) is 3.13. The third kappa shape index (κ3) is 3.48. The van der Waals surface area contributed by atoms with Crippen molar-refractivity contribution in [3.63, 3.8) is 0 Å². The Kier molecular flexibility index (Phi) is 4.78. The van der Waals surface area contributed by atoms with Gasteiger partial charge in [-0.05, 0) is 38.0 Å². The summed E-state index contributed by atoms with van der Waals surface area (Å²) >= 11 is 0. The summed E-state index contributed by atoms with van der Waals surface area (Å²) in [4.78, 5) is 14.2. The van der Waals surface area contributed by atoms with Crippen LogP contribution in [0, 0.1) is 11.8 Å². The fourth-order valence-electron chi connectivity index (χ4n) is 2.42. The molecule has 16 heavy (non-hydrogen) atoms. The molecule has 1 rings (SSSR count). The zero-order valence-corrected chi connectivity index (χ0v) is 11.1. The highest BCUT2D eigenvalue weighted by molar-refractivity contribution is 5.82. The fourth-order valence-corrected chi connectivity index (χ4v) is 2.42. The highest BCUT2D eigenvalue weighted by Gasteiger charge is 2.30. The van der Waals surface area contributed by atoms with E-state index in [1.54, 1.807) is 0 Å². The minimum atomic E-state index is -0.312. The molecule has 0 aromatic heterocycles. The summed E-state index contributed by atoms with van der Waals surface area (Å²) in [6.45, 7) is 9.43. The lowest BCUT2D eigenvalue weighted by Gasteiger charge is -2.38. The van der Waals surface area contributed by atoms with E-state index in [2.05, 4.69) is 27.7 Å². The molecule has 1 heterocycles. The van der Waals surface area contributed by atoms with Crippen LogP contribution in [0.15, 0.2) is 0 Å². The Morgan fingerprint density at radius 1 is 1.38 bits per heavy atom. The minimum Gasteiger partial charge on any atom is -0.338 e. The summed E-state index contributed by atoms with van der Waals surface area (Å²) < 4.78 is 0. The van der Waals surface area contributed by atoms with Crippen molar-refractivity contribution < 1.29 is 4.79 Å². The van der Waals surface area contributed by atoms with Crippen LogP contribution in [-0.2, 0) is 4.79 Å². The molecule has 3 nitrogen and oxygen atoms in total. The van der Waals surface area contributed by atoms with Gasteiger partial charge in [-0.2, -0.15) is 0 Å². The molecular formula is C13H26N2O. The van der Waals surface area contributed by atoms with Crippen LogP contribution in [0.25, 0.3) is 0 Å². The number of hydrogen-bond donors (Lipinski definition) is 1. The van der Waals surface area contributed by atoms with Crippen molar-refractivity contribution in [3.8, 4) is 0 Å². The Morgan fingerprint density at radius 3 is 2.56 bits per heavy atom. The van der Waals surface area contributed by atoms with Gasteiger partial charge in [-0.15, -0.1) is 0 Å². The summed E-state index contributed by atoms with van der Waals surface area (Å²) in [5.74, 6) is 1.25. The maximum Gasteiger partial charge on any atom is 0.239 e. The van der Waals surface area contributed by atoms with Crippen LogP contribution in [0.1, 0.15) is 47.0 Å². The van der Waals surface area contributed by atoms with Crippen LogP contribution >= 0.6 is 0 Å². The number of likely N-dealkylation sites (tertiary alicyclic amines) is 1. The fraction of sp³-hybridized carbons (Fsp3) is 0.923. The average Bonchev–Trinajstić information content (AvgIpc) is 2.19. The van der Waals surface area contributed by atoms with Crippen molar-refractivity contribution in [2.75, 3.05) is 6.54 Å². The second-order valence-electron chi connectivity index (χ2n) is 5.76. The Hall–Kier alpha value is -0.570. The standard InChI is InChI=1S/C13H26N2O/c1-9(2)7-12(14)13(16)15-8-10(3)5-6-11(15)4/h9-12H,5-8,14H2,1-4H3. The first-order valence-corrected chi connectivity index (χ1v) is 6.47. The summed E-state index contributed by atoms with van der Waals surface area (Å²) in [5.41, 5.74) is 5.97. The number of nitrogens with two attached hydrogens (primary N) is 1. The molecule has 1 saturated heterocycles. The molecule has 3 atom stereocenters. The average molecular weight is 226 g/mol. The van der Waals surface area contributed by atoms with E-state index >= 15 is 0 Å². The molecule has 0 bridgehead atoms. The molecule has 1 amide bonds. The zero-order valence-electron chi connectivity index (χ0n) is 11.1. The van der Waals surface area contributed by atoms with Gasteiger partial charge in [-0.25, -0.2) is 0 Å². The van der Waals surface area contributed by atoms with Crippen molar-refractivity contribution >= 4 is 5.91 Å². The molecule has 1 aliphatic heterocycles. The lowest BCUT2D eigenvalue weighted by molar-refractivity contribution is -0.137. The van der Waals surface area contributed by atoms with Gasteiger partial charge in [0.2, 0.25) is 5.91 Å². The van der Waals surface area contributed by atoms with Gasteiger partial charge in [0.05, 0.1) is 6.04 Å². The first kappa shape index (κ1) is 13.5. The number of nitrogens with zero attached hydrogens (tertiary/aromatic N) is 1. The Balaban J connectivity index is 2.57. The third-order valence-corrected chi connectivity index (χ3v) is 3.44. The number of rotatable bonds is 3. The molecular weight excluding hydrogens is 200 g/mol. The summed E-state index contributed by atoms with van der Waals surface area (Å²) in [6, 6.07) is 0.0506. The lowest BCUT2D eigenvalue weighted by Crippen LogP contribution is -2.51. The van der Waals surface area contributed by atoms with E-state index in [4.69, 9.17) is 5.73 Å². The largest absolute Gasteiger partial charge is 0.338 e. The normalized spacial score (nSPS) is 28.2. The van der Waals surface area contributed by atoms with Crippen molar-refractivity contribution in [3.05, 3.63) is 0 Å². The molecule has 3 unspecified atom stereocenters. The first-order valence-electron chi connectivity index (χ1n) is 6.47. The maximum atomic E-state index is 12.2. The van der Waals surface area contributed by atoms with Crippen LogP contribution < -0.4 is 5.73 Å². The van der Waals surface area contributed by atoms with E-state index in [1.165, 1.54) is 6.42 Å². The minimum absolute atomic E-state index is 0.146. The van der Waals surface area contributed by atoms with Crippen molar-refractivity contribution in [2.45, 2.75) is 59.0 Å². The Morgan fingerprint density at radius 2 is 2.00 bits per heavy atom. The van der Waals surface area contributed by atoms with Crippen molar-refractivity contribution in [1.29, 1.82) is 0 Å². The molecule has 1 fully saturated rings. The van der Waals surface area contributed by atoms with E-state index in [1.807, 2.05) is 4.90 Å². The predicted octanol–water partition coefficient (Wildman–Crippen LogP) is 2.01. The molecule has 3 heteroatoms. The highest BCUT2D eigenvalue weighted by Crippen LogP contribution is 2.22. The van der Waals surface area contributed by atoms with Gasteiger partial charge in [-0.3, -0.25) is 4.79 Å². The van der Waals surface area contributed by atoms with Gasteiger partial charge in [0.15, 0.2) is 0 Å². The van der Waals surface area contributed by atoms with Gasteiger partial charge in [0, 0.05) is 12.6 Å². The van der Waals surface area contributed by atoms with Crippen LogP contribution in [-0.4, -0.2) is 29.4 Å². The number of carbonyl (C=O) groups is 1. The third-order valence-electron chi connectivity index (χ3n) is 3.44. The summed E-state index contributed by atoms with van der Waals surface area (Å²) in [5, 5.41) is 0. The Labute approximate surface area is 99.4 Å². The molecule has 0 aliphatic carbocycles. The van der Waals surface area contributed by atoms with Crippen molar-refractivity contribution in [1.82, 2.24) is 4.90 Å². The van der Waals surface area contributed by atoms with Crippen LogP contribution in [0.2, 0.25) is 0 Å². The van der Waals surface area contributed by atoms with Crippen LogP contribution in [0.5, 0.6) is 0 Å². The van der Waals surface area contributed by atoms with Crippen LogP contribution in [0.4, 0.5) is 0 Å². The number of hydrogen-bond acceptors (Lipinski definition) is 2. The molecule has 0 spiro atoms. The molecule has 0 saturated carbocycles. The lowest BCUT2D eigenvalue weighted by atomic mass is 9.93. The summed E-state index contributed by atoms with van der Waals surface area (Å²) in [7, 11) is 0. The molecule has 0 aromatic rings. The zero-order chi connectivity index (χ0) is 12.3. The second-order valence-corrected chi connectivity index (χ2v) is 5.76. The number of piperidine rings is 1. The smallest absolute Gasteiger partial charge is 0.239 e. The van der Waals surface area contributed by atoms with Gasteiger partial charge >= 0.3 is 0 Å². The number of carbonyl (C=O) groups excluding carboxylic acids is 1. The van der Waals surface area contributed by atoms with E-state index in [0.717, 1.165) is 19.4 Å². The quantitative estimate of drug-likeness (QED) is 0.800. The number of amides is 1. The topological polar surface area (TPSA) is 46.3 Å². The van der Waals surface area contributed by atoms with Crippen LogP contribution in [0.3, 0.4) is 0 Å². The van der Waals surface area contributed by atoms with E-state index in [-0.39, 0.29) is 11.9 Å².